The minimum absolute atomic E-state index is 0.198. The van der Waals surface area contributed by atoms with Crippen LogP contribution in [0.5, 0.6) is 0 Å². The first-order valence-corrected chi connectivity index (χ1v) is 4.94. The molecule has 15 heavy (non-hydrogen) atoms. The molecule has 0 radical (unpaired) electrons. The van der Waals surface area contributed by atoms with Crippen molar-refractivity contribution in [3.8, 4) is 0 Å². The third-order valence-electron chi connectivity index (χ3n) is 2.82. The average Bonchev–Trinajstić information content (AvgIpc) is 2.80. The maximum atomic E-state index is 11.1. The number of aryl methyl sites for hydroxylation is 1. The average molecular weight is 206 g/mol. The lowest BCUT2D eigenvalue weighted by Gasteiger charge is -2.06. The van der Waals surface area contributed by atoms with Crippen LogP contribution in [0.3, 0.4) is 0 Å². The summed E-state index contributed by atoms with van der Waals surface area (Å²) >= 11 is 0. The third-order valence-corrected chi connectivity index (χ3v) is 2.82. The number of aromatic nitrogens is 2. The summed E-state index contributed by atoms with van der Waals surface area (Å²) in [5, 5.41) is 0. The molecule has 1 aromatic heterocycles. The van der Waals surface area contributed by atoms with E-state index >= 15 is 0 Å². The van der Waals surface area contributed by atoms with Gasteiger partial charge in [-0.3, -0.25) is 4.79 Å². The molecule has 0 aromatic carbocycles. The van der Waals surface area contributed by atoms with Crippen LogP contribution >= 0.6 is 0 Å². The van der Waals surface area contributed by atoms with Crippen LogP contribution in [-0.2, 0) is 0 Å². The van der Waals surface area contributed by atoms with Crippen LogP contribution in [0.2, 0.25) is 0 Å². The number of hydrogen-bond acceptors (Lipinski definition) is 4. The zero-order chi connectivity index (χ0) is 11.2. The van der Waals surface area contributed by atoms with E-state index in [1.165, 1.54) is 0 Å². The first-order valence-electron chi connectivity index (χ1n) is 4.94. The lowest BCUT2D eigenvalue weighted by atomic mass is 10.2. The van der Waals surface area contributed by atoms with E-state index in [2.05, 4.69) is 16.9 Å². The van der Waals surface area contributed by atoms with Gasteiger partial charge in [0.25, 0.3) is 5.91 Å². The summed E-state index contributed by atoms with van der Waals surface area (Å²) in [6.07, 6.45) is 1.09. The molecule has 1 heterocycles. The number of carbonyl (C=O) groups is 1. The minimum atomic E-state index is -0.569. The van der Waals surface area contributed by atoms with Gasteiger partial charge in [-0.05, 0) is 19.3 Å². The normalized spacial score (nSPS) is 23.9. The Kier molecular flexibility index (Phi) is 2.10. The van der Waals surface area contributed by atoms with Gasteiger partial charge in [0.2, 0.25) is 0 Å². The van der Waals surface area contributed by atoms with E-state index in [0.29, 0.717) is 17.5 Å². The van der Waals surface area contributed by atoms with Crippen molar-refractivity contribution in [1.29, 1.82) is 0 Å². The predicted molar refractivity (Wildman–Crippen MR) is 56.2 cm³/mol. The zero-order valence-electron chi connectivity index (χ0n) is 8.82. The highest BCUT2D eigenvalue weighted by molar-refractivity contribution is 5.98. The van der Waals surface area contributed by atoms with Gasteiger partial charge in [-0.1, -0.05) is 6.92 Å². The molecule has 2 atom stereocenters. The summed E-state index contributed by atoms with van der Waals surface area (Å²) in [5.41, 5.74) is 11.7. The number of nitrogens with two attached hydrogens (primary N) is 2. The Hall–Kier alpha value is -1.65. The molecule has 2 rings (SSSR count). The number of anilines is 1. The van der Waals surface area contributed by atoms with Crippen molar-refractivity contribution in [2.24, 2.45) is 11.7 Å². The highest BCUT2D eigenvalue weighted by Crippen LogP contribution is 2.45. The standard InChI is InChI=1S/C10H14N4O/c1-4-3-6(4)10-13-5(2)7(9(12)15)8(11)14-10/h4,6H,3H2,1-2H3,(H2,12,15)(H2,11,13,14). The lowest BCUT2D eigenvalue weighted by molar-refractivity contribution is 0.1000. The molecule has 0 saturated heterocycles. The molecule has 1 aliphatic rings. The second-order valence-electron chi connectivity index (χ2n) is 4.11. The number of hydrogen-bond donors (Lipinski definition) is 2. The van der Waals surface area contributed by atoms with Gasteiger partial charge in [0, 0.05) is 5.92 Å². The molecule has 0 bridgehead atoms. The van der Waals surface area contributed by atoms with Crippen LogP contribution in [0.15, 0.2) is 0 Å². The Labute approximate surface area is 87.9 Å². The van der Waals surface area contributed by atoms with E-state index in [-0.39, 0.29) is 11.4 Å². The Morgan fingerprint density at radius 3 is 2.47 bits per heavy atom. The molecule has 1 aromatic rings. The maximum Gasteiger partial charge on any atom is 0.254 e. The molecule has 0 spiro atoms. The number of nitrogen functional groups attached to an aromatic ring is 1. The van der Waals surface area contributed by atoms with Crippen LogP contribution in [0.1, 0.15) is 41.1 Å². The van der Waals surface area contributed by atoms with Crippen LogP contribution < -0.4 is 11.5 Å². The quantitative estimate of drug-likeness (QED) is 0.740. The van der Waals surface area contributed by atoms with Gasteiger partial charge in [0.15, 0.2) is 0 Å². The first kappa shape index (κ1) is 9.89. The van der Waals surface area contributed by atoms with Crippen molar-refractivity contribution >= 4 is 11.7 Å². The van der Waals surface area contributed by atoms with Crippen molar-refractivity contribution in [2.75, 3.05) is 5.73 Å². The van der Waals surface area contributed by atoms with E-state index in [0.717, 1.165) is 12.2 Å². The van der Waals surface area contributed by atoms with Gasteiger partial charge >= 0.3 is 0 Å². The SMILES string of the molecule is Cc1nc(C2CC2C)nc(N)c1C(N)=O. The Balaban J connectivity index is 2.43. The number of amides is 1. The summed E-state index contributed by atoms with van der Waals surface area (Å²) in [6, 6.07) is 0. The molecule has 1 aliphatic carbocycles. The van der Waals surface area contributed by atoms with E-state index in [1.807, 2.05) is 0 Å². The Bertz CT molecular complexity index is 406. The summed E-state index contributed by atoms with van der Waals surface area (Å²) in [6.45, 7) is 3.87. The summed E-state index contributed by atoms with van der Waals surface area (Å²) < 4.78 is 0. The fourth-order valence-corrected chi connectivity index (χ4v) is 1.77. The molecule has 5 nitrogen and oxygen atoms in total. The summed E-state index contributed by atoms with van der Waals surface area (Å²) in [4.78, 5) is 19.5. The topological polar surface area (TPSA) is 94.9 Å². The monoisotopic (exact) mass is 206 g/mol. The fourth-order valence-electron chi connectivity index (χ4n) is 1.77. The van der Waals surface area contributed by atoms with E-state index < -0.39 is 5.91 Å². The summed E-state index contributed by atoms with van der Waals surface area (Å²) in [7, 11) is 0. The van der Waals surface area contributed by atoms with Crippen LogP contribution in [0, 0.1) is 12.8 Å². The summed E-state index contributed by atoms with van der Waals surface area (Å²) in [5.74, 6) is 1.38. The second kappa shape index (κ2) is 3.18. The molecule has 5 heteroatoms. The minimum Gasteiger partial charge on any atom is -0.383 e. The molecular weight excluding hydrogens is 192 g/mol. The molecule has 1 amide bonds. The second-order valence-corrected chi connectivity index (χ2v) is 4.11. The van der Waals surface area contributed by atoms with Crippen LogP contribution in [0.4, 0.5) is 5.82 Å². The molecule has 2 unspecified atom stereocenters. The van der Waals surface area contributed by atoms with Gasteiger partial charge in [-0.25, -0.2) is 9.97 Å². The molecular formula is C10H14N4O. The Morgan fingerprint density at radius 2 is 2.07 bits per heavy atom. The van der Waals surface area contributed by atoms with Crippen LogP contribution in [0.25, 0.3) is 0 Å². The van der Waals surface area contributed by atoms with Gasteiger partial charge in [-0.15, -0.1) is 0 Å². The Morgan fingerprint density at radius 1 is 1.47 bits per heavy atom. The molecule has 0 aliphatic heterocycles. The highest BCUT2D eigenvalue weighted by Gasteiger charge is 2.37. The number of rotatable bonds is 2. The number of carbonyl (C=O) groups excluding carboxylic acids is 1. The van der Waals surface area contributed by atoms with Gasteiger partial charge in [0.1, 0.15) is 17.2 Å². The van der Waals surface area contributed by atoms with Crippen molar-refractivity contribution in [2.45, 2.75) is 26.2 Å². The van der Waals surface area contributed by atoms with Crippen molar-refractivity contribution in [3.63, 3.8) is 0 Å². The predicted octanol–water partition coefficient (Wildman–Crippen LogP) is 0.590. The highest BCUT2D eigenvalue weighted by atomic mass is 16.1. The van der Waals surface area contributed by atoms with Gasteiger partial charge in [0.05, 0.1) is 5.69 Å². The molecule has 1 fully saturated rings. The van der Waals surface area contributed by atoms with E-state index in [4.69, 9.17) is 11.5 Å². The van der Waals surface area contributed by atoms with Crippen molar-refractivity contribution < 1.29 is 4.79 Å². The third kappa shape index (κ3) is 1.65. The molecule has 1 saturated carbocycles. The molecule has 80 valence electrons. The van der Waals surface area contributed by atoms with Gasteiger partial charge < -0.3 is 11.5 Å². The van der Waals surface area contributed by atoms with E-state index in [9.17, 15) is 4.79 Å². The zero-order valence-corrected chi connectivity index (χ0v) is 8.82. The van der Waals surface area contributed by atoms with Crippen molar-refractivity contribution in [3.05, 3.63) is 17.1 Å². The smallest absolute Gasteiger partial charge is 0.254 e. The van der Waals surface area contributed by atoms with Crippen LogP contribution in [-0.4, -0.2) is 15.9 Å². The molecule has 4 N–H and O–H groups in total. The fraction of sp³-hybridized carbons (Fsp3) is 0.500. The maximum absolute atomic E-state index is 11.1. The van der Waals surface area contributed by atoms with E-state index in [1.54, 1.807) is 6.92 Å². The van der Waals surface area contributed by atoms with Crippen molar-refractivity contribution in [1.82, 2.24) is 9.97 Å². The largest absolute Gasteiger partial charge is 0.383 e. The van der Waals surface area contributed by atoms with Gasteiger partial charge in [-0.2, -0.15) is 0 Å². The number of primary amides is 1. The first-order chi connectivity index (χ1) is 7.00. The lowest BCUT2D eigenvalue weighted by Crippen LogP contribution is -2.18. The number of nitrogens with zero attached hydrogens (tertiary/aromatic N) is 2.